The molecule has 1 aliphatic heterocycles. The van der Waals surface area contributed by atoms with E-state index in [9.17, 15) is 14.0 Å². The van der Waals surface area contributed by atoms with Crippen molar-refractivity contribution in [3.05, 3.63) is 35.6 Å². The molecule has 1 atom stereocenters. The van der Waals surface area contributed by atoms with E-state index in [2.05, 4.69) is 10.1 Å². The first-order valence-electron chi connectivity index (χ1n) is 6.49. The number of carbonyl (C=O) groups is 2. The summed E-state index contributed by atoms with van der Waals surface area (Å²) in [4.78, 5) is 25.1. The van der Waals surface area contributed by atoms with Gasteiger partial charge in [-0.3, -0.25) is 4.79 Å². The number of benzene rings is 1. The summed E-state index contributed by atoms with van der Waals surface area (Å²) in [7, 11) is 1.31. The van der Waals surface area contributed by atoms with Crippen LogP contribution in [0.1, 0.15) is 23.2 Å². The Kier molecular flexibility index (Phi) is 4.55. The maximum absolute atomic E-state index is 12.9. The molecule has 1 unspecified atom stereocenters. The number of rotatable bonds is 2. The third-order valence-electron chi connectivity index (χ3n) is 3.31. The molecule has 1 fully saturated rings. The van der Waals surface area contributed by atoms with E-state index in [0.29, 0.717) is 18.7 Å². The van der Waals surface area contributed by atoms with E-state index >= 15 is 0 Å². The molecule has 6 heteroatoms. The van der Waals surface area contributed by atoms with Crippen LogP contribution in [-0.2, 0) is 4.74 Å². The van der Waals surface area contributed by atoms with Crippen LogP contribution >= 0.6 is 0 Å². The number of ether oxygens (including phenoxy) is 1. The highest BCUT2D eigenvalue weighted by Crippen LogP contribution is 2.14. The van der Waals surface area contributed by atoms with Crippen molar-refractivity contribution in [1.29, 1.82) is 0 Å². The molecular weight excluding hydrogens is 263 g/mol. The fourth-order valence-corrected chi connectivity index (χ4v) is 2.28. The Labute approximate surface area is 116 Å². The minimum absolute atomic E-state index is 0.111. The standard InChI is InChI=1S/C14H17FN2O3/c1-20-14(19)16-12-3-2-8-17(9-12)13(18)10-4-6-11(15)7-5-10/h4-7,12H,2-3,8-9H2,1H3,(H,16,19). The molecule has 0 radical (unpaired) electrons. The van der Waals surface area contributed by atoms with Crippen LogP contribution < -0.4 is 5.32 Å². The van der Waals surface area contributed by atoms with Crippen LogP contribution in [0.4, 0.5) is 9.18 Å². The molecule has 0 bridgehead atoms. The van der Waals surface area contributed by atoms with E-state index in [-0.39, 0.29) is 17.8 Å². The normalized spacial score (nSPS) is 18.5. The highest BCUT2D eigenvalue weighted by molar-refractivity contribution is 5.94. The highest BCUT2D eigenvalue weighted by atomic mass is 19.1. The summed E-state index contributed by atoms with van der Waals surface area (Å²) in [6.45, 7) is 1.07. The van der Waals surface area contributed by atoms with Gasteiger partial charge < -0.3 is 15.0 Å². The van der Waals surface area contributed by atoms with Crippen molar-refractivity contribution in [2.75, 3.05) is 20.2 Å². The van der Waals surface area contributed by atoms with Gasteiger partial charge in [-0.1, -0.05) is 0 Å². The van der Waals surface area contributed by atoms with Crippen molar-refractivity contribution < 1.29 is 18.7 Å². The number of piperidine rings is 1. The second-order valence-electron chi connectivity index (χ2n) is 4.73. The summed E-state index contributed by atoms with van der Waals surface area (Å²) in [5, 5.41) is 2.70. The number of carbonyl (C=O) groups excluding carboxylic acids is 2. The number of nitrogens with one attached hydrogen (secondary N) is 1. The number of amides is 2. The van der Waals surface area contributed by atoms with Crippen LogP contribution in [0.25, 0.3) is 0 Å². The van der Waals surface area contributed by atoms with Gasteiger partial charge in [-0.15, -0.1) is 0 Å². The summed E-state index contributed by atoms with van der Waals surface area (Å²) in [6.07, 6.45) is 1.12. The van der Waals surface area contributed by atoms with E-state index in [4.69, 9.17) is 0 Å². The molecule has 1 N–H and O–H groups in total. The maximum Gasteiger partial charge on any atom is 0.407 e. The second kappa shape index (κ2) is 6.36. The average Bonchev–Trinajstić information content (AvgIpc) is 2.47. The van der Waals surface area contributed by atoms with Crippen molar-refractivity contribution in [1.82, 2.24) is 10.2 Å². The van der Waals surface area contributed by atoms with Crippen LogP contribution in [-0.4, -0.2) is 43.1 Å². The van der Waals surface area contributed by atoms with E-state index in [1.165, 1.54) is 31.4 Å². The highest BCUT2D eigenvalue weighted by Gasteiger charge is 2.25. The molecule has 108 valence electrons. The van der Waals surface area contributed by atoms with Crippen LogP contribution in [0.2, 0.25) is 0 Å². The number of halogens is 1. The largest absolute Gasteiger partial charge is 0.453 e. The Bertz CT molecular complexity index is 490. The van der Waals surface area contributed by atoms with Gasteiger partial charge in [-0.05, 0) is 37.1 Å². The predicted octanol–water partition coefficient (Wildman–Crippen LogP) is 1.79. The summed E-state index contributed by atoms with van der Waals surface area (Å²) < 4.78 is 17.4. The zero-order chi connectivity index (χ0) is 14.5. The molecule has 1 saturated heterocycles. The van der Waals surface area contributed by atoms with Crippen LogP contribution in [0.3, 0.4) is 0 Å². The minimum atomic E-state index is -0.494. The van der Waals surface area contributed by atoms with E-state index in [1.807, 2.05) is 0 Å². The Morgan fingerprint density at radius 2 is 2.05 bits per heavy atom. The molecular formula is C14H17FN2O3. The van der Waals surface area contributed by atoms with Gasteiger partial charge >= 0.3 is 6.09 Å². The molecule has 0 aromatic heterocycles. The number of alkyl carbamates (subject to hydrolysis) is 1. The van der Waals surface area contributed by atoms with Crippen LogP contribution in [0, 0.1) is 5.82 Å². The van der Waals surface area contributed by atoms with Gasteiger partial charge in [0.1, 0.15) is 5.82 Å². The third-order valence-corrected chi connectivity index (χ3v) is 3.31. The minimum Gasteiger partial charge on any atom is -0.453 e. The molecule has 1 aromatic carbocycles. The lowest BCUT2D eigenvalue weighted by atomic mass is 10.0. The summed E-state index contributed by atoms with van der Waals surface area (Å²) in [6, 6.07) is 5.35. The van der Waals surface area contributed by atoms with Gasteiger partial charge in [0.25, 0.3) is 5.91 Å². The van der Waals surface area contributed by atoms with Gasteiger partial charge in [-0.25, -0.2) is 9.18 Å². The Hall–Kier alpha value is -2.11. The predicted molar refractivity (Wildman–Crippen MR) is 70.9 cm³/mol. The number of nitrogens with zero attached hydrogens (tertiary/aromatic N) is 1. The Balaban J connectivity index is 1.99. The smallest absolute Gasteiger partial charge is 0.407 e. The topological polar surface area (TPSA) is 58.6 Å². The van der Waals surface area contributed by atoms with Gasteiger partial charge in [0.2, 0.25) is 0 Å². The summed E-state index contributed by atoms with van der Waals surface area (Å²) in [5.74, 6) is -0.521. The zero-order valence-electron chi connectivity index (χ0n) is 11.3. The van der Waals surface area contributed by atoms with Crippen molar-refractivity contribution in [2.45, 2.75) is 18.9 Å². The number of hydrogen-bond donors (Lipinski definition) is 1. The third kappa shape index (κ3) is 3.46. The summed E-state index contributed by atoms with van der Waals surface area (Å²) >= 11 is 0. The van der Waals surface area contributed by atoms with Crippen molar-refractivity contribution in [3.63, 3.8) is 0 Å². The molecule has 2 amide bonds. The van der Waals surface area contributed by atoms with Gasteiger partial charge in [0, 0.05) is 24.7 Å². The lowest BCUT2D eigenvalue weighted by Crippen LogP contribution is -2.49. The van der Waals surface area contributed by atoms with Gasteiger partial charge in [-0.2, -0.15) is 0 Å². The molecule has 1 aliphatic rings. The fraction of sp³-hybridized carbons (Fsp3) is 0.429. The lowest BCUT2D eigenvalue weighted by molar-refractivity contribution is 0.0689. The van der Waals surface area contributed by atoms with E-state index in [0.717, 1.165) is 12.8 Å². The quantitative estimate of drug-likeness (QED) is 0.898. The van der Waals surface area contributed by atoms with Crippen molar-refractivity contribution >= 4 is 12.0 Å². The molecule has 1 aromatic rings. The van der Waals surface area contributed by atoms with E-state index < -0.39 is 6.09 Å². The Morgan fingerprint density at radius 3 is 2.70 bits per heavy atom. The molecule has 1 heterocycles. The number of hydrogen-bond acceptors (Lipinski definition) is 3. The zero-order valence-corrected chi connectivity index (χ0v) is 11.3. The van der Waals surface area contributed by atoms with Gasteiger partial charge in [0.15, 0.2) is 0 Å². The first-order chi connectivity index (χ1) is 9.60. The average molecular weight is 280 g/mol. The summed E-state index contributed by atoms with van der Waals surface area (Å²) in [5.41, 5.74) is 0.449. The Morgan fingerprint density at radius 1 is 1.35 bits per heavy atom. The maximum atomic E-state index is 12.9. The monoisotopic (exact) mass is 280 g/mol. The molecule has 0 spiro atoms. The van der Waals surface area contributed by atoms with E-state index in [1.54, 1.807) is 4.90 Å². The van der Waals surface area contributed by atoms with Gasteiger partial charge in [0.05, 0.1) is 7.11 Å². The molecule has 2 rings (SSSR count). The molecule has 0 aliphatic carbocycles. The second-order valence-corrected chi connectivity index (χ2v) is 4.73. The number of methoxy groups -OCH3 is 1. The van der Waals surface area contributed by atoms with Crippen molar-refractivity contribution in [3.8, 4) is 0 Å². The lowest BCUT2D eigenvalue weighted by Gasteiger charge is -2.32. The first-order valence-corrected chi connectivity index (χ1v) is 6.49. The first kappa shape index (κ1) is 14.3. The molecule has 20 heavy (non-hydrogen) atoms. The fourth-order valence-electron chi connectivity index (χ4n) is 2.28. The molecule has 0 saturated carbocycles. The SMILES string of the molecule is COC(=O)NC1CCCN(C(=O)c2ccc(F)cc2)C1. The molecule has 5 nitrogen and oxygen atoms in total. The van der Waals surface area contributed by atoms with Crippen molar-refractivity contribution in [2.24, 2.45) is 0 Å². The van der Waals surface area contributed by atoms with Crippen LogP contribution in [0.15, 0.2) is 24.3 Å². The van der Waals surface area contributed by atoms with Crippen LogP contribution in [0.5, 0.6) is 0 Å². The number of likely N-dealkylation sites (tertiary alicyclic amines) is 1.